The van der Waals surface area contributed by atoms with Crippen molar-refractivity contribution < 1.29 is 17.9 Å². The van der Waals surface area contributed by atoms with Gasteiger partial charge in [-0.25, -0.2) is 8.42 Å². The monoisotopic (exact) mass is 300 g/mol. The zero-order chi connectivity index (χ0) is 15.6. The lowest BCUT2D eigenvalue weighted by Crippen LogP contribution is -2.38. The van der Waals surface area contributed by atoms with Gasteiger partial charge >= 0.3 is 0 Å². The van der Waals surface area contributed by atoms with Gasteiger partial charge in [-0.1, -0.05) is 6.07 Å². The SMILES string of the molecule is CNC(=O)C(C)(C)c1ccc(NS(C)(=O)=O)c(OC)c1. The van der Waals surface area contributed by atoms with Gasteiger partial charge in [-0.15, -0.1) is 0 Å². The summed E-state index contributed by atoms with van der Waals surface area (Å²) in [5.41, 5.74) is 0.324. The molecule has 0 heterocycles. The van der Waals surface area contributed by atoms with E-state index in [9.17, 15) is 13.2 Å². The summed E-state index contributed by atoms with van der Waals surface area (Å²) in [5.74, 6) is 0.230. The summed E-state index contributed by atoms with van der Waals surface area (Å²) in [6.45, 7) is 3.56. The number of hydrogen-bond acceptors (Lipinski definition) is 4. The van der Waals surface area contributed by atoms with Crippen molar-refractivity contribution in [2.75, 3.05) is 25.1 Å². The van der Waals surface area contributed by atoms with Crippen LogP contribution in [0.1, 0.15) is 19.4 Å². The quantitative estimate of drug-likeness (QED) is 0.852. The summed E-state index contributed by atoms with van der Waals surface area (Å²) < 4.78 is 30.1. The fraction of sp³-hybridized carbons (Fsp3) is 0.462. The zero-order valence-corrected chi connectivity index (χ0v) is 13.1. The van der Waals surface area contributed by atoms with Gasteiger partial charge in [0, 0.05) is 7.05 Å². The molecular formula is C13H20N2O4S. The molecule has 0 saturated heterocycles. The highest BCUT2D eigenvalue weighted by molar-refractivity contribution is 7.92. The minimum Gasteiger partial charge on any atom is -0.495 e. The fourth-order valence-electron chi connectivity index (χ4n) is 1.81. The first-order valence-corrected chi connectivity index (χ1v) is 7.89. The number of carbonyl (C=O) groups excluding carboxylic acids is 1. The summed E-state index contributed by atoms with van der Waals surface area (Å²) in [4.78, 5) is 11.9. The average Bonchev–Trinajstić information content (AvgIpc) is 2.36. The molecule has 112 valence electrons. The predicted molar refractivity (Wildman–Crippen MR) is 78.6 cm³/mol. The van der Waals surface area contributed by atoms with Crippen LogP contribution in [0.4, 0.5) is 5.69 Å². The summed E-state index contributed by atoms with van der Waals surface area (Å²) in [5, 5.41) is 2.60. The van der Waals surface area contributed by atoms with E-state index in [2.05, 4.69) is 10.0 Å². The maximum atomic E-state index is 11.9. The van der Waals surface area contributed by atoms with E-state index in [4.69, 9.17) is 4.74 Å². The molecule has 0 bridgehead atoms. The molecule has 6 nitrogen and oxygen atoms in total. The largest absolute Gasteiger partial charge is 0.495 e. The van der Waals surface area contributed by atoms with E-state index in [-0.39, 0.29) is 5.91 Å². The van der Waals surface area contributed by atoms with Crippen LogP contribution < -0.4 is 14.8 Å². The summed E-state index contributed by atoms with van der Waals surface area (Å²) in [7, 11) is -0.374. The Bertz CT molecular complexity index is 609. The molecule has 0 atom stereocenters. The lowest BCUT2D eigenvalue weighted by atomic mass is 9.83. The van der Waals surface area contributed by atoms with Crippen molar-refractivity contribution in [3.05, 3.63) is 23.8 Å². The van der Waals surface area contributed by atoms with Crippen molar-refractivity contribution in [1.29, 1.82) is 0 Å². The number of ether oxygens (including phenoxy) is 1. The van der Waals surface area contributed by atoms with Crippen LogP contribution in [0.25, 0.3) is 0 Å². The van der Waals surface area contributed by atoms with Gasteiger partial charge in [0.15, 0.2) is 0 Å². The predicted octanol–water partition coefficient (Wildman–Crippen LogP) is 1.09. The Balaban J connectivity index is 3.26. The van der Waals surface area contributed by atoms with E-state index in [0.29, 0.717) is 11.4 Å². The molecule has 0 aliphatic heterocycles. The van der Waals surface area contributed by atoms with Crippen molar-refractivity contribution in [3.8, 4) is 5.75 Å². The molecule has 0 aliphatic carbocycles. The fourth-order valence-corrected chi connectivity index (χ4v) is 2.38. The third-order valence-corrected chi connectivity index (χ3v) is 3.60. The molecule has 0 saturated carbocycles. The first kappa shape index (κ1) is 16.3. The molecule has 0 spiro atoms. The van der Waals surface area contributed by atoms with Crippen molar-refractivity contribution >= 4 is 21.6 Å². The zero-order valence-electron chi connectivity index (χ0n) is 12.3. The van der Waals surface area contributed by atoms with Crippen LogP contribution in [0.3, 0.4) is 0 Å². The van der Waals surface area contributed by atoms with Crippen LogP contribution in [0.2, 0.25) is 0 Å². The molecule has 1 aromatic carbocycles. The molecule has 2 N–H and O–H groups in total. The molecule has 1 rings (SSSR count). The van der Waals surface area contributed by atoms with Crippen molar-refractivity contribution in [2.24, 2.45) is 0 Å². The van der Waals surface area contributed by atoms with E-state index in [1.54, 1.807) is 39.1 Å². The number of hydrogen-bond donors (Lipinski definition) is 2. The third-order valence-electron chi connectivity index (χ3n) is 3.01. The van der Waals surface area contributed by atoms with Crippen LogP contribution >= 0.6 is 0 Å². The van der Waals surface area contributed by atoms with Crippen LogP contribution in [0.15, 0.2) is 18.2 Å². The Labute approximate surface area is 119 Å². The smallest absolute Gasteiger partial charge is 0.229 e. The van der Waals surface area contributed by atoms with Crippen molar-refractivity contribution in [3.63, 3.8) is 0 Å². The van der Waals surface area contributed by atoms with E-state index >= 15 is 0 Å². The highest BCUT2D eigenvalue weighted by Crippen LogP contribution is 2.32. The third kappa shape index (κ3) is 3.63. The van der Waals surface area contributed by atoms with Gasteiger partial charge in [-0.05, 0) is 31.5 Å². The number of benzene rings is 1. The topological polar surface area (TPSA) is 84.5 Å². The second-order valence-electron chi connectivity index (χ2n) is 4.99. The highest BCUT2D eigenvalue weighted by atomic mass is 32.2. The van der Waals surface area contributed by atoms with Gasteiger partial charge in [0.2, 0.25) is 15.9 Å². The van der Waals surface area contributed by atoms with Gasteiger partial charge in [0.05, 0.1) is 24.5 Å². The molecule has 0 aromatic heterocycles. The lowest BCUT2D eigenvalue weighted by Gasteiger charge is -2.24. The van der Waals surface area contributed by atoms with Crippen LogP contribution in [-0.4, -0.2) is 34.7 Å². The molecule has 7 heteroatoms. The van der Waals surface area contributed by atoms with Crippen LogP contribution in [0.5, 0.6) is 5.75 Å². The molecular weight excluding hydrogens is 280 g/mol. The van der Waals surface area contributed by atoms with Gasteiger partial charge < -0.3 is 10.1 Å². The normalized spacial score (nSPS) is 11.8. The molecule has 20 heavy (non-hydrogen) atoms. The lowest BCUT2D eigenvalue weighted by molar-refractivity contribution is -0.125. The summed E-state index contributed by atoms with van der Waals surface area (Å²) in [6.07, 6.45) is 1.06. The number of nitrogens with one attached hydrogen (secondary N) is 2. The van der Waals surface area contributed by atoms with E-state index in [1.807, 2.05) is 0 Å². The van der Waals surface area contributed by atoms with E-state index in [1.165, 1.54) is 7.11 Å². The molecule has 1 amide bonds. The summed E-state index contributed by atoms with van der Waals surface area (Å²) in [6, 6.07) is 4.94. The van der Waals surface area contributed by atoms with Gasteiger partial charge in [0.1, 0.15) is 5.75 Å². The minimum atomic E-state index is -3.39. The first-order chi connectivity index (χ1) is 9.11. The second kappa shape index (κ2) is 5.70. The second-order valence-corrected chi connectivity index (χ2v) is 6.74. The maximum Gasteiger partial charge on any atom is 0.229 e. The average molecular weight is 300 g/mol. The van der Waals surface area contributed by atoms with E-state index < -0.39 is 15.4 Å². The van der Waals surface area contributed by atoms with Gasteiger partial charge in [-0.2, -0.15) is 0 Å². The number of carbonyl (C=O) groups is 1. The molecule has 0 radical (unpaired) electrons. The van der Waals surface area contributed by atoms with Gasteiger partial charge in [0.25, 0.3) is 0 Å². The summed E-state index contributed by atoms with van der Waals surface area (Å²) >= 11 is 0. The molecule has 0 unspecified atom stereocenters. The number of rotatable bonds is 5. The number of sulfonamides is 1. The number of anilines is 1. The van der Waals surface area contributed by atoms with Crippen LogP contribution in [0, 0.1) is 0 Å². The van der Waals surface area contributed by atoms with Crippen molar-refractivity contribution in [1.82, 2.24) is 5.32 Å². The Morgan fingerprint density at radius 1 is 1.30 bits per heavy atom. The number of likely N-dealkylation sites (N-methyl/N-ethyl adjacent to an activating group) is 1. The maximum absolute atomic E-state index is 11.9. The Hall–Kier alpha value is -1.76. The van der Waals surface area contributed by atoms with Gasteiger partial charge in [-0.3, -0.25) is 9.52 Å². The molecule has 1 aromatic rings. The number of amides is 1. The Morgan fingerprint density at radius 2 is 1.90 bits per heavy atom. The minimum absolute atomic E-state index is 0.136. The first-order valence-electron chi connectivity index (χ1n) is 6.00. The number of methoxy groups -OCH3 is 1. The Morgan fingerprint density at radius 3 is 2.35 bits per heavy atom. The molecule has 0 aliphatic rings. The van der Waals surface area contributed by atoms with Crippen molar-refractivity contribution in [2.45, 2.75) is 19.3 Å². The Kier molecular flexibility index (Phi) is 4.65. The van der Waals surface area contributed by atoms with E-state index in [0.717, 1.165) is 11.8 Å². The highest BCUT2D eigenvalue weighted by Gasteiger charge is 2.29. The standard InChI is InChI=1S/C13H20N2O4S/c1-13(2,12(16)14-3)9-6-7-10(11(8-9)19-4)15-20(5,17)18/h6-8,15H,1-5H3,(H,14,16). The van der Waals surface area contributed by atoms with Crippen LogP contribution in [-0.2, 0) is 20.2 Å². The molecule has 0 fully saturated rings.